The summed E-state index contributed by atoms with van der Waals surface area (Å²) in [5.74, 6) is -0.226. The van der Waals surface area contributed by atoms with Gasteiger partial charge in [0.1, 0.15) is 11.6 Å². The van der Waals surface area contributed by atoms with E-state index < -0.39 is 5.54 Å². The Morgan fingerprint density at radius 3 is 2.79 bits per heavy atom. The van der Waals surface area contributed by atoms with Crippen LogP contribution in [0.4, 0.5) is 4.39 Å². The van der Waals surface area contributed by atoms with Gasteiger partial charge in [0, 0.05) is 18.2 Å². The maximum Gasteiger partial charge on any atom is 0.217 e. The maximum absolute atomic E-state index is 13.8. The number of hydrogen-bond donors (Lipinski definition) is 1. The van der Waals surface area contributed by atoms with Crippen molar-refractivity contribution in [3.05, 3.63) is 65.5 Å². The number of carbonyl (C=O) groups excluding carboxylic acids is 1. The second-order valence-corrected chi connectivity index (χ2v) is 6.01. The molecule has 0 heterocycles. The molecule has 0 bridgehead atoms. The van der Waals surface area contributed by atoms with Crippen molar-refractivity contribution in [2.75, 3.05) is 7.11 Å². The molecular formula is C19H19FN2O2. The van der Waals surface area contributed by atoms with Gasteiger partial charge in [-0.2, -0.15) is 0 Å². The lowest BCUT2D eigenvalue weighted by molar-refractivity contribution is -0.118. The monoisotopic (exact) mass is 326 g/mol. The van der Waals surface area contributed by atoms with E-state index in [1.807, 2.05) is 30.3 Å². The number of benzene rings is 2. The van der Waals surface area contributed by atoms with Crippen molar-refractivity contribution in [2.45, 2.75) is 18.4 Å². The highest BCUT2D eigenvalue weighted by Crippen LogP contribution is 2.59. The lowest BCUT2D eigenvalue weighted by Gasteiger charge is -2.17. The second kappa shape index (κ2) is 6.43. The maximum atomic E-state index is 13.8. The van der Waals surface area contributed by atoms with Gasteiger partial charge < -0.3 is 10.5 Å². The van der Waals surface area contributed by atoms with Gasteiger partial charge in [0.25, 0.3) is 0 Å². The molecule has 2 aromatic rings. The van der Waals surface area contributed by atoms with Gasteiger partial charge in [-0.25, -0.2) is 4.39 Å². The van der Waals surface area contributed by atoms with Gasteiger partial charge in [0.15, 0.2) is 0 Å². The van der Waals surface area contributed by atoms with E-state index in [2.05, 4.69) is 0 Å². The number of ether oxygens (including phenoxy) is 1. The van der Waals surface area contributed by atoms with Crippen molar-refractivity contribution in [2.24, 2.45) is 16.6 Å². The van der Waals surface area contributed by atoms with Crippen molar-refractivity contribution >= 4 is 12.1 Å². The van der Waals surface area contributed by atoms with Crippen molar-refractivity contribution in [3.63, 3.8) is 0 Å². The first-order valence-corrected chi connectivity index (χ1v) is 7.78. The molecule has 24 heavy (non-hydrogen) atoms. The third-order valence-electron chi connectivity index (χ3n) is 4.39. The summed E-state index contributed by atoms with van der Waals surface area (Å²) in [4.78, 5) is 16.0. The zero-order valence-corrected chi connectivity index (χ0v) is 13.4. The standard InChI is InChI=1S/C19H19FN2O2/c1-24-17-8-7-15(20)10-16(17)19(11-14(19)9-18(21)23)22-12-13-5-3-2-4-6-13/h2-8,10,12,14H,9,11H2,1H3,(H2,21,23)/t14-,19+/m0/s1. The number of primary amides is 1. The molecule has 2 N–H and O–H groups in total. The average molecular weight is 326 g/mol. The number of methoxy groups -OCH3 is 1. The Hall–Kier alpha value is -2.69. The summed E-state index contributed by atoms with van der Waals surface area (Å²) in [6, 6.07) is 14.0. The van der Waals surface area contributed by atoms with E-state index in [1.165, 1.54) is 19.2 Å². The first-order chi connectivity index (χ1) is 11.5. The molecule has 0 unspecified atom stereocenters. The number of aliphatic imine (C=N–C) groups is 1. The number of rotatable bonds is 6. The Balaban J connectivity index is 2.00. The van der Waals surface area contributed by atoms with E-state index in [0.717, 1.165) is 5.56 Å². The summed E-state index contributed by atoms with van der Waals surface area (Å²) in [6.07, 6.45) is 2.61. The van der Waals surface area contributed by atoms with Crippen LogP contribution in [-0.4, -0.2) is 19.2 Å². The molecule has 1 saturated carbocycles. The van der Waals surface area contributed by atoms with Crippen molar-refractivity contribution < 1.29 is 13.9 Å². The first kappa shape index (κ1) is 16.2. The third-order valence-corrected chi connectivity index (χ3v) is 4.39. The molecule has 1 amide bonds. The Kier molecular flexibility index (Phi) is 4.34. The number of nitrogens with zero attached hydrogens (tertiary/aromatic N) is 1. The van der Waals surface area contributed by atoms with Gasteiger partial charge in [-0.05, 0) is 36.1 Å². The molecule has 0 aromatic heterocycles. The highest BCUT2D eigenvalue weighted by atomic mass is 19.1. The zero-order valence-electron chi connectivity index (χ0n) is 13.4. The molecule has 3 rings (SSSR count). The van der Waals surface area contributed by atoms with Gasteiger partial charge in [-0.1, -0.05) is 30.3 Å². The number of amides is 1. The summed E-state index contributed by atoms with van der Waals surface area (Å²) in [7, 11) is 1.54. The molecule has 2 atom stereocenters. The Morgan fingerprint density at radius 2 is 2.12 bits per heavy atom. The number of halogens is 1. The van der Waals surface area contributed by atoms with Crippen LogP contribution in [0.2, 0.25) is 0 Å². The number of hydrogen-bond acceptors (Lipinski definition) is 3. The van der Waals surface area contributed by atoms with Gasteiger partial charge in [0.2, 0.25) is 5.91 Å². The molecule has 2 aromatic carbocycles. The minimum atomic E-state index is -0.668. The molecule has 124 valence electrons. The smallest absolute Gasteiger partial charge is 0.217 e. The van der Waals surface area contributed by atoms with Crippen LogP contribution in [0.3, 0.4) is 0 Å². The predicted octanol–water partition coefficient (Wildman–Crippen LogP) is 3.04. The third kappa shape index (κ3) is 3.15. The van der Waals surface area contributed by atoms with Crippen LogP contribution in [0.15, 0.2) is 53.5 Å². The van der Waals surface area contributed by atoms with Gasteiger partial charge in [-0.15, -0.1) is 0 Å². The second-order valence-electron chi connectivity index (χ2n) is 6.01. The van der Waals surface area contributed by atoms with E-state index >= 15 is 0 Å². The van der Waals surface area contributed by atoms with Crippen LogP contribution in [-0.2, 0) is 10.3 Å². The van der Waals surface area contributed by atoms with E-state index in [9.17, 15) is 9.18 Å². The summed E-state index contributed by atoms with van der Waals surface area (Å²) in [5, 5.41) is 0. The Labute approximate surface area is 140 Å². The number of nitrogens with two attached hydrogens (primary N) is 1. The van der Waals surface area contributed by atoms with Crippen LogP contribution in [0.5, 0.6) is 5.75 Å². The van der Waals surface area contributed by atoms with Crippen LogP contribution in [0.1, 0.15) is 24.0 Å². The highest BCUT2D eigenvalue weighted by Gasteiger charge is 2.57. The molecule has 0 spiro atoms. The molecule has 1 aliphatic rings. The average Bonchev–Trinajstić information content (AvgIpc) is 3.27. The molecule has 0 saturated heterocycles. The van der Waals surface area contributed by atoms with Gasteiger partial charge in [0.05, 0.1) is 12.6 Å². The van der Waals surface area contributed by atoms with Crippen LogP contribution >= 0.6 is 0 Å². The fraction of sp³-hybridized carbons (Fsp3) is 0.263. The highest BCUT2D eigenvalue weighted by molar-refractivity contribution is 5.81. The molecule has 1 aliphatic carbocycles. The predicted molar refractivity (Wildman–Crippen MR) is 90.6 cm³/mol. The lowest BCUT2D eigenvalue weighted by Crippen LogP contribution is -2.16. The molecule has 0 radical (unpaired) electrons. The summed E-state index contributed by atoms with van der Waals surface area (Å²) >= 11 is 0. The summed E-state index contributed by atoms with van der Waals surface area (Å²) in [6.45, 7) is 0. The van der Waals surface area contributed by atoms with Crippen LogP contribution in [0, 0.1) is 11.7 Å². The molecule has 5 heteroatoms. The quantitative estimate of drug-likeness (QED) is 0.829. The normalized spacial score (nSPS) is 22.5. The topological polar surface area (TPSA) is 64.7 Å². The van der Waals surface area contributed by atoms with Gasteiger partial charge in [-0.3, -0.25) is 9.79 Å². The van der Waals surface area contributed by atoms with Crippen molar-refractivity contribution in [1.82, 2.24) is 0 Å². The largest absolute Gasteiger partial charge is 0.496 e. The van der Waals surface area contributed by atoms with Crippen LogP contribution in [0.25, 0.3) is 0 Å². The lowest BCUT2D eigenvalue weighted by atomic mass is 9.99. The molecular weight excluding hydrogens is 307 g/mol. The fourth-order valence-electron chi connectivity index (χ4n) is 3.11. The molecule has 4 nitrogen and oxygen atoms in total. The molecule has 0 aliphatic heterocycles. The van der Waals surface area contributed by atoms with E-state index in [1.54, 1.807) is 12.3 Å². The van der Waals surface area contributed by atoms with E-state index in [-0.39, 0.29) is 24.1 Å². The first-order valence-electron chi connectivity index (χ1n) is 7.78. The van der Waals surface area contributed by atoms with E-state index in [4.69, 9.17) is 15.5 Å². The van der Waals surface area contributed by atoms with Gasteiger partial charge >= 0.3 is 0 Å². The van der Waals surface area contributed by atoms with Crippen molar-refractivity contribution in [1.29, 1.82) is 0 Å². The summed E-state index contributed by atoms with van der Waals surface area (Å²) < 4.78 is 19.2. The number of carbonyl (C=O) groups is 1. The fourth-order valence-corrected chi connectivity index (χ4v) is 3.11. The zero-order chi connectivity index (χ0) is 17.2. The minimum absolute atomic E-state index is 0.0503. The van der Waals surface area contributed by atoms with Crippen LogP contribution < -0.4 is 10.5 Å². The Bertz CT molecular complexity index is 776. The minimum Gasteiger partial charge on any atom is -0.496 e. The summed E-state index contributed by atoms with van der Waals surface area (Å²) in [5.41, 5.74) is 6.27. The Morgan fingerprint density at radius 1 is 1.38 bits per heavy atom. The van der Waals surface area contributed by atoms with Crippen molar-refractivity contribution in [3.8, 4) is 5.75 Å². The molecule has 1 fully saturated rings. The SMILES string of the molecule is COc1ccc(F)cc1[C@@]1(N=Cc2ccccc2)C[C@@H]1CC(N)=O. The van der Waals surface area contributed by atoms with E-state index in [0.29, 0.717) is 17.7 Å².